The van der Waals surface area contributed by atoms with Crippen LogP contribution in [-0.2, 0) is 0 Å². The standard InChI is InChI=1S/C8H15BrI/c9-7-5-3-1-2-4-6-8-10/h5H,1-4,6-8H2. The van der Waals surface area contributed by atoms with Gasteiger partial charge in [0.2, 0.25) is 0 Å². The molecule has 0 aliphatic rings. The predicted octanol–water partition coefficient (Wildman–Crippen LogP) is 3.97. The van der Waals surface area contributed by atoms with Crippen LogP contribution in [0.3, 0.4) is 0 Å². The summed E-state index contributed by atoms with van der Waals surface area (Å²) in [6.07, 6.45) is 9.18. The highest BCUT2D eigenvalue weighted by Gasteiger charge is 1.88. The topological polar surface area (TPSA) is 0 Å². The van der Waals surface area contributed by atoms with E-state index in [4.69, 9.17) is 0 Å². The van der Waals surface area contributed by atoms with Crippen molar-refractivity contribution < 1.29 is 0 Å². The summed E-state index contributed by atoms with van der Waals surface area (Å²) < 4.78 is 1.32. The van der Waals surface area contributed by atoms with E-state index >= 15 is 0 Å². The Morgan fingerprint density at radius 2 is 1.80 bits per heavy atom. The van der Waals surface area contributed by atoms with Gasteiger partial charge in [-0.25, -0.2) is 0 Å². The van der Waals surface area contributed by atoms with Crippen LogP contribution in [0, 0.1) is 6.42 Å². The number of hydrogen-bond acceptors (Lipinski definition) is 0. The SMILES string of the molecule is BrC[CH]CCCCCCI. The molecule has 0 unspecified atom stereocenters. The molecular formula is C8H15BrI. The molecule has 0 aromatic carbocycles. The second-order valence-electron chi connectivity index (χ2n) is 2.33. The van der Waals surface area contributed by atoms with E-state index in [1.807, 2.05) is 0 Å². The maximum absolute atomic E-state index is 3.38. The molecule has 0 amide bonds. The number of unbranched alkanes of at least 4 members (excludes halogenated alkanes) is 5. The van der Waals surface area contributed by atoms with Crippen molar-refractivity contribution in [2.24, 2.45) is 0 Å². The zero-order valence-corrected chi connectivity index (χ0v) is 10.0. The Morgan fingerprint density at radius 1 is 1.10 bits per heavy atom. The minimum Gasteiger partial charge on any atom is -0.0925 e. The van der Waals surface area contributed by atoms with Crippen LogP contribution in [-0.4, -0.2) is 9.76 Å². The summed E-state index contributed by atoms with van der Waals surface area (Å²) in [7, 11) is 0. The van der Waals surface area contributed by atoms with Gasteiger partial charge < -0.3 is 0 Å². The predicted molar refractivity (Wildman–Crippen MR) is 60.1 cm³/mol. The van der Waals surface area contributed by atoms with E-state index in [0.29, 0.717) is 0 Å². The third kappa shape index (κ3) is 9.21. The molecule has 0 bridgehead atoms. The van der Waals surface area contributed by atoms with Crippen molar-refractivity contribution >= 4 is 38.5 Å². The van der Waals surface area contributed by atoms with Crippen LogP contribution in [0.2, 0.25) is 0 Å². The molecule has 0 saturated carbocycles. The summed E-state index contributed by atoms with van der Waals surface area (Å²) in [6, 6.07) is 0. The average Bonchev–Trinajstić information content (AvgIpc) is 1.97. The Morgan fingerprint density at radius 3 is 2.40 bits per heavy atom. The normalized spacial score (nSPS) is 10.2. The number of alkyl halides is 2. The maximum atomic E-state index is 3.38. The fourth-order valence-corrected chi connectivity index (χ4v) is 1.68. The zero-order valence-electron chi connectivity index (χ0n) is 6.28. The molecule has 0 N–H and O–H groups in total. The third-order valence-electron chi connectivity index (χ3n) is 1.40. The number of hydrogen-bond donors (Lipinski definition) is 0. The summed E-state index contributed by atoms with van der Waals surface area (Å²) >= 11 is 5.82. The summed E-state index contributed by atoms with van der Waals surface area (Å²) in [5, 5.41) is 1.05. The van der Waals surface area contributed by atoms with Gasteiger partial charge in [-0.15, -0.1) is 0 Å². The van der Waals surface area contributed by atoms with E-state index in [1.165, 1.54) is 36.5 Å². The van der Waals surface area contributed by atoms with E-state index in [9.17, 15) is 0 Å². The van der Waals surface area contributed by atoms with Crippen molar-refractivity contribution in [3.8, 4) is 0 Å². The highest BCUT2D eigenvalue weighted by Crippen LogP contribution is 2.06. The second-order valence-corrected chi connectivity index (χ2v) is 4.06. The van der Waals surface area contributed by atoms with Gasteiger partial charge in [-0.05, 0) is 23.7 Å². The average molecular weight is 318 g/mol. The summed E-state index contributed by atoms with van der Waals surface area (Å²) in [5.41, 5.74) is 0. The van der Waals surface area contributed by atoms with Crippen molar-refractivity contribution in [1.29, 1.82) is 0 Å². The Labute approximate surface area is 86.4 Å². The van der Waals surface area contributed by atoms with Crippen LogP contribution >= 0.6 is 38.5 Å². The molecule has 0 aliphatic heterocycles. The van der Waals surface area contributed by atoms with Crippen LogP contribution < -0.4 is 0 Å². The van der Waals surface area contributed by atoms with Gasteiger partial charge in [0.25, 0.3) is 0 Å². The highest BCUT2D eigenvalue weighted by atomic mass is 127. The smallest absolute Gasteiger partial charge is 0.00626 e. The molecule has 0 aromatic heterocycles. The molecule has 61 valence electrons. The van der Waals surface area contributed by atoms with Crippen LogP contribution in [0.1, 0.15) is 32.1 Å². The van der Waals surface area contributed by atoms with Crippen molar-refractivity contribution in [2.45, 2.75) is 32.1 Å². The van der Waals surface area contributed by atoms with Gasteiger partial charge in [0.15, 0.2) is 0 Å². The van der Waals surface area contributed by atoms with Gasteiger partial charge in [0, 0.05) is 5.33 Å². The molecular weight excluding hydrogens is 303 g/mol. The fraction of sp³-hybridized carbons (Fsp3) is 0.875. The van der Waals surface area contributed by atoms with E-state index in [0.717, 1.165) is 5.33 Å². The number of rotatable bonds is 7. The monoisotopic (exact) mass is 317 g/mol. The first-order valence-corrected chi connectivity index (χ1v) is 6.50. The fourth-order valence-electron chi connectivity index (χ4n) is 0.814. The van der Waals surface area contributed by atoms with Gasteiger partial charge in [0.05, 0.1) is 0 Å². The molecule has 0 spiro atoms. The quantitative estimate of drug-likeness (QED) is 0.378. The Kier molecular flexibility index (Phi) is 11.4. The van der Waals surface area contributed by atoms with E-state index < -0.39 is 0 Å². The lowest BCUT2D eigenvalue weighted by atomic mass is 10.1. The Bertz CT molecular complexity index is 49.2. The highest BCUT2D eigenvalue weighted by molar-refractivity contribution is 14.1. The van der Waals surface area contributed by atoms with Gasteiger partial charge in [-0.2, -0.15) is 0 Å². The molecule has 0 aromatic rings. The molecule has 0 nitrogen and oxygen atoms in total. The molecule has 0 atom stereocenters. The summed E-state index contributed by atoms with van der Waals surface area (Å²) in [5.74, 6) is 0. The van der Waals surface area contributed by atoms with Crippen LogP contribution in [0.25, 0.3) is 0 Å². The van der Waals surface area contributed by atoms with Gasteiger partial charge in [0.1, 0.15) is 0 Å². The lowest BCUT2D eigenvalue weighted by Crippen LogP contribution is -1.81. The Balaban J connectivity index is 2.65. The van der Waals surface area contributed by atoms with E-state index in [2.05, 4.69) is 44.9 Å². The third-order valence-corrected chi connectivity index (χ3v) is 2.62. The lowest BCUT2D eigenvalue weighted by molar-refractivity contribution is 0.669. The first-order valence-electron chi connectivity index (χ1n) is 3.85. The van der Waals surface area contributed by atoms with Crippen molar-refractivity contribution in [2.75, 3.05) is 9.76 Å². The molecule has 0 saturated heterocycles. The van der Waals surface area contributed by atoms with Gasteiger partial charge in [-0.1, -0.05) is 57.8 Å². The molecule has 10 heavy (non-hydrogen) atoms. The van der Waals surface area contributed by atoms with Gasteiger partial charge in [-0.3, -0.25) is 0 Å². The number of halogens is 2. The van der Waals surface area contributed by atoms with Gasteiger partial charge >= 0.3 is 0 Å². The molecule has 0 heterocycles. The Hall–Kier alpha value is 1.21. The van der Waals surface area contributed by atoms with E-state index in [-0.39, 0.29) is 0 Å². The molecule has 0 rings (SSSR count). The molecule has 0 fully saturated rings. The molecule has 1 radical (unpaired) electrons. The summed E-state index contributed by atoms with van der Waals surface area (Å²) in [6.45, 7) is 0. The second kappa shape index (κ2) is 10.2. The summed E-state index contributed by atoms with van der Waals surface area (Å²) in [4.78, 5) is 0. The minimum atomic E-state index is 1.05. The maximum Gasteiger partial charge on any atom is 0.00626 e. The van der Waals surface area contributed by atoms with Crippen LogP contribution in [0.4, 0.5) is 0 Å². The molecule has 2 heteroatoms. The minimum absolute atomic E-state index is 1.05. The van der Waals surface area contributed by atoms with Crippen molar-refractivity contribution in [1.82, 2.24) is 0 Å². The largest absolute Gasteiger partial charge is 0.0925 e. The molecule has 0 aliphatic carbocycles. The first-order chi connectivity index (χ1) is 4.91. The van der Waals surface area contributed by atoms with Crippen molar-refractivity contribution in [3.63, 3.8) is 0 Å². The van der Waals surface area contributed by atoms with E-state index in [1.54, 1.807) is 0 Å². The zero-order chi connectivity index (χ0) is 7.66. The van der Waals surface area contributed by atoms with Crippen LogP contribution in [0.15, 0.2) is 0 Å². The van der Waals surface area contributed by atoms with Crippen LogP contribution in [0.5, 0.6) is 0 Å². The first kappa shape index (κ1) is 11.2. The lowest BCUT2D eigenvalue weighted by Gasteiger charge is -1.96. The van der Waals surface area contributed by atoms with Crippen molar-refractivity contribution in [3.05, 3.63) is 6.42 Å².